The molecule has 0 atom stereocenters. The maximum atomic E-state index is 13.0. The van der Waals surface area contributed by atoms with Crippen LogP contribution in [0.5, 0.6) is 0 Å². The van der Waals surface area contributed by atoms with Gasteiger partial charge < -0.3 is 0 Å². The van der Waals surface area contributed by atoms with Gasteiger partial charge in [-0.05, 0) is 13.0 Å². The van der Waals surface area contributed by atoms with Crippen molar-refractivity contribution >= 4 is 11.4 Å². The van der Waals surface area contributed by atoms with Crippen LogP contribution in [0.3, 0.4) is 0 Å². The lowest BCUT2D eigenvalue weighted by atomic mass is 10.1. The van der Waals surface area contributed by atoms with E-state index in [0.717, 1.165) is 0 Å². The molecule has 0 amide bonds. The Morgan fingerprint density at radius 1 is 1.50 bits per heavy atom. The third-order valence-electron chi connectivity index (χ3n) is 2.52. The second kappa shape index (κ2) is 3.70. The molecular weight excluding hydrogens is 207 g/mol. The monoisotopic (exact) mass is 220 g/mol. The Balaban J connectivity index is 2.70. The molecule has 0 unspecified atom stereocenters. The highest BCUT2D eigenvalue weighted by Crippen LogP contribution is 2.16. The van der Waals surface area contributed by atoms with Crippen LogP contribution in [-0.2, 0) is 0 Å². The van der Waals surface area contributed by atoms with Crippen molar-refractivity contribution in [3.8, 4) is 0 Å². The molecule has 0 aromatic carbocycles. The number of fused-ring (bicyclic) bond motifs is 1. The topological polar surface area (TPSA) is 34.4 Å². The standard InChI is InChI=1S/C12H13FN2O/c1-7(2)12(16)11-8(3)14-10-6-9(13)4-5-15(10)11/h4-7H,1-3H3. The molecule has 0 aliphatic rings. The van der Waals surface area contributed by atoms with E-state index in [1.54, 1.807) is 17.5 Å². The van der Waals surface area contributed by atoms with Crippen molar-refractivity contribution in [2.75, 3.05) is 0 Å². The summed E-state index contributed by atoms with van der Waals surface area (Å²) in [7, 11) is 0. The van der Waals surface area contributed by atoms with Crippen LogP contribution in [0, 0.1) is 18.7 Å². The van der Waals surface area contributed by atoms with Gasteiger partial charge in [-0.2, -0.15) is 0 Å². The Morgan fingerprint density at radius 2 is 2.19 bits per heavy atom. The van der Waals surface area contributed by atoms with Crippen LogP contribution >= 0.6 is 0 Å². The first-order chi connectivity index (χ1) is 7.50. The lowest BCUT2D eigenvalue weighted by Crippen LogP contribution is -2.11. The van der Waals surface area contributed by atoms with Crippen molar-refractivity contribution < 1.29 is 9.18 Å². The minimum atomic E-state index is -0.346. The third kappa shape index (κ3) is 1.60. The van der Waals surface area contributed by atoms with Gasteiger partial charge in [0.25, 0.3) is 0 Å². The number of aryl methyl sites for hydroxylation is 1. The van der Waals surface area contributed by atoms with E-state index in [0.29, 0.717) is 17.0 Å². The Morgan fingerprint density at radius 3 is 2.81 bits per heavy atom. The van der Waals surface area contributed by atoms with Gasteiger partial charge in [-0.25, -0.2) is 9.37 Å². The van der Waals surface area contributed by atoms with Crippen molar-refractivity contribution in [3.05, 3.63) is 35.5 Å². The van der Waals surface area contributed by atoms with E-state index in [-0.39, 0.29) is 17.5 Å². The van der Waals surface area contributed by atoms with Crippen LogP contribution in [-0.4, -0.2) is 15.2 Å². The molecule has 2 heterocycles. The van der Waals surface area contributed by atoms with Crippen molar-refractivity contribution in [3.63, 3.8) is 0 Å². The first-order valence-electron chi connectivity index (χ1n) is 5.19. The Kier molecular flexibility index (Phi) is 2.50. The van der Waals surface area contributed by atoms with Gasteiger partial charge in [-0.1, -0.05) is 13.8 Å². The average Bonchev–Trinajstić information content (AvgIpc) is 2.51. The van der Waals surface area contributed by atoms with Gasteiger partial charge in [-0.15, -0.1) is 0 Å². The van der Waals surface area contributed by atoms with Gasteiger partial charge >= 0.3 is 0 Å². The van der Waals surface area contributed by atoms with E-state index >= 15 is 0 Å². The minimum Gasteiger partial charge on any atom is -0.297 e. The fourth-order valence-electron chi connectivity index (χ4n) is 1.71. The lowest BCUT2D eigenvalue weighted by molar-refractivity contribution is 0.0932. The Hall–Kier alpha value is -1.71. The van der Waals surface area contributed by atoms with Gasteiger partial charge in [0.15, 0.2) is 5.78 Å². The summed E-state index contributed by atoms with van der Waals surface area (Å²) in [5.41, 5.74) is 1.66. The zero-order chi connectivity index (χ0) is 11.9. The van der Waals surface area contributed by atoms with Crippen molar-refractivity contribution in [2.45, 2.75) is 20.8 Å². The molecule has 4 heteroatoms. The lowest BCUT2D eigenvalue weighted by Gasteiger charge is -2.04. The highest BCUT2D eigenvalue weighted by molar-refractivity contribution is 5.97. The zero-order valence-electron chi connectivity index (χ0n) is 9.49. The highest BCUT2D eigenvalue weighted by atomic mass is 19.1. The normalized spacial score (nSPS) is 11.3. The SMILES string of the molecule is Cc1nc2cc(F)ccn2c1C(=O)C(C)C. The molecule has 0 fully saturated rings. The molecule has 0 N–H and O–H groups in total. The maximum absolute atomic E-state index is 13.0. The zero-order valence-corrected chi connectivity index (χ0v) is 9.49. The number of ketones is 1. The van der Waals surface area contributed by atoms with Crippen molar-refractivity contribution in [1.29, 1.82) is 0 Å². The molecule has 0 saturated carbocycles. The molecule has 0 spiro atoms. The van der Waals surface area contributed by atoms with Crippen LogP contribution in [0.4, 0.5) is 4.39 Å². The molecule has 0 saturated heterocycles. The van der Waals surface area contributed by atoms with Gasteiger partial charge in [0.05, 0.1) is 5.69 Å². The van der Waals surface area contributed by atoms with Gasteiger partial charge in [0.2, 0.25) is 0 Å². The Labute approximate surface area is 92.9 Å². The smallest absolute Gasteiger partial charge is 0.183 e. The average molecular weight is 220 g/mol. The van der Waals surface area contributed by atoms with Crippen LogP contribution in [0.1, 0.15) is 30.0 Å². The van der Waals surface area contributed by atoms with E-state index in [1.165, 1.54) is 12.1 Å². The number of Topliss-reactive ketones (excluding diaryl/α,β-unsaturated/α-hetero) is 1. The van der Waals surface area contributed by atoms with E-state index in [1.807, 2.05) is 13.8 Å². The first kappa shape index (κ1) is 10.8. The summed E-state index contributed by atoms with van der Waals surface area (Å²) in [6.45, 7) is 5.44. The fourth-order valence-corrected chi connectivity index (χ4v) is 1.71. The second-order valence-corrected chi connectivity index (χ2v) is 4.14. The largest absolute Gasteiger partial charge is 0.297 e. The van der Waals surface area contributed by atoms with Crippen molar-refractivity contribution in [1.82, 2.24) is 9.38 Å². The molecule has 0 bridgehead atoms. The summed E-state index contributed by atoms with van der Waals surface area (Å²) < 4.78 is 14.6. The molecule has 2 rings (SSSR count). The molecular formula is C12H13FN2O. The number of carbonyl (C=O) groups is 1. The van der Waals surface area contributed by atoms with Gasteiger partial charge in [-0.3, -0.25) is 9.20 Å². The maximum Gasteiger partial charge on any atom is 0.183 e. The van der Waals surface area contributed by atoms with Crippen LogP contribution in [0.15, 0.2) is 18.3 Å². The molecule has 16 heavy (non-hydrogen) atoms. The Bertz CT molecular complexity index is 557. The number of carbonyl (C=O) groups excluding carboxylic acids is 1. The van der Waals surface area contributed by atoms with E-state index < -0.39 is 0 Å². The molecule has 0 aliphatic carbocycles. The molecule has 84 valence electrons. The van der Waals surface area contributed by atoms with Crippen molar-refractivity contribution in [2.24, 2.45) is 5.92 Å². The van der Waals surface area contributed by atoms with E-state index in [4.69, 9.17) is 0 Å². The summed E-state index contributed by atoms with van der Waals surface area (Å²) in [6.07, 6.45) is 1.54. The summed E-state index contributed by atoms with van der Waals surface area (Å²) in [4.78, 5) is 16.2. The molecule has 0 radical (unpaired) electrons. The molecule has 2 aromatic rings. The number of halogens is 1. The van der Waals surface area contributed by atoms with Crippen LogP contribution in [0.2, 0.25) is 0 Å². The highest BCUT2D eigenvalue weighted by Gasteiger charge is 2.19. The van der Waals surface area contributed by atoms with E-state index in [2.05, 4.69) is 4.98 Å². The fraction of sp³-hybridized carbons (Fsp3) is 0.333. The van der Waals surface area contributed by atoms with Gasteiger partial charge in [0.1, 0.15) is 17.2 Å². The minimum absolute atomic E-state index is 0.0246. The third-order valence-corrected chi connectivity index (χ3v) is 2.52. The number of hydrogen-bond acceptors (Lipinski definition) is 2. The van der Waals surface area contributed by atoms with Gasteiger partial charge in [0, 0.05) is 18.2 Å². The number of aromatic nitrogens is 2. The first-order valence-corrected chi connectivity index (χ1v) is 5.19. The van der Waals surface area contributed by atoms with Crippen LogP contribution < -0.4 is 0 Å². The predicted octanol–water partition coefficient (Wildman–Crippen LogP) is 2.62. The molecule has 2 aromatic heterocycles. The predicted molar refractivity (Wildman–Crippen MR) is 59.1 cm³/mol. The number of imidazole rings is 1. The molecule has 3 nitrogen and oxygen atoms in total. The van der Waals surface area contributed by atoms with Crippen LogP contribution in [0.25, 0.3) is 5.65 Å². The quantitative estimate of drug-likeness (QED) is 0.729. The molecule has 0 aliphatic heterocycles. The number of rotatable bonds is 2. The second-order valence-electron chi connectivity index (χ2n) is 4.14. The summed E-state index contributed by atoms with van der Waals surface area (Å²) in [5.74, 6) is -0.415. The number of hydrogen-bond donors (Lipinski definition) is 0. The number of pyridine rings is 1. The summed E-state index contributed by atoms with van der Waals surface area (Å²) in [5, 5.41) is 0. The summed E-state index contributed by atoms with van der Waals surface area (Å²) in [6, 6.07) is 2.65. The number of nitrogens with zero attached hydrogens (tertiary/aromatic N) is 2. The van der Waals surface area contributed by atoms with E-state index in [9.17, 15) is 9.18 Å². The summed E-state index contributed by atoms with van der Waals surface area (Å²) >= 11 is 0.